The van der Waals surface area contributed by atoms with Gasteiger partial charge >= 0.3 is 0 Å². The van der Waals surface area contributed by atoms with Gasteiger partial charge in [-0.2, -0.15) is 0 Å². The Morgan fingerprint density at radius 1 is 1.22 bits per heavy atom. The highest BCUT2D eigenvalue weighted by Gasteiger charge is 2.32. The van der Waals surface area contributed by atoms with E-state index < -0.39 is 0 Å². The summed E-state index contributed by atoms with van der Waals surface area (Å²) in [5, 5.41) is 4.07. The first kappa shape index (κ1) is 18.0. The normalized spacial score (nSPS) is 18.5. The highest BCUT2D eigenvalue weighted by atomic mass is 35.5. The Morgan fingerprint density at radius 3 is 2.43 bits per heavy atom. The Hall–Kier alpha value is -1.36. The molecule has 1 aliphatic carbocycles. The first-order valence-corrected chi connectivity index (χ1v) is 8.23. The van der Waals surface area contributed by atoms with Crippen molar-refractivity contribution in [1.29, 1.82) is 0 Å². The van der Waals surface area contributed by atoms with E-state index in [2.05, 4.69) is 5.32 Å². The maximum absolute atomic E-state index is 12.3. The van der Waals surface area contributed by atoms with Gasteiger partial charge in [0.25, 0.3) is 0 Å². The summed E-state index contributed by atoms with van der Waals surface area (Å²) in [5.41, 5.74) is 1.06. The van der Waals surface area contributed by atoms with E-state index in [1.165, 1.54) is 0 Å². The van der Waals surface area contributed by atoms with Gasteiger partial charge in [-0.25, -0.2) is 0 Å². The molecule has 0 amide bonds. The summed E-state index contributed by atoms with van der Waals surface area (Å²) in [7, 11) is 3.93. The van der Waals surface area contributed by atoms with Crippen LogP contribution in [0.1, 0.15) is 24.3 Å². The van der Waals surface area contributed by atoms with E-state index in [1.54, 1.807) is 24.4 Å². The van der Waals surface area contributed by atoms with Crippen LogP contribution in [0.15, 0.2) is 30.0 Å². The van der Waals surface area contributed by atoms with Crippen molar-refractivity contribution in [3.05, 3.63) is 45.6 Å². The number of halogens is 2. The number of hydrogen-bond donors (Lipinski definition) is 1. The summed E-state index contributed by atoms with van der Waals surface area (Å²) in [6.45, 7) is 1.51. The van der Waals surface area contributed by atoms with Gasteiger partial charge in [-0.3, -0.25) is 9.59 Å². The number of Topliss-reactive ketones (excluding diaryl/α,β-unsaturated/α-hetero) is 2. The molecule has 0 aliphatic heterocycles. The smallest absolute Gasteiger partial charge is 0.168 e. The molecule has 1 saturated carbocycles. The van der Waals surface area contributed by atoms with Crippen molar-refractivity contribution in [3.63, 3.8) is 0 Å². The number of nitrogens with one attached hydrogen (secondary N) is 1. The van der Waals surface area contributed by atoms with E-state index in [0.717, 1.165) is 12.1 Å². The minimum Gasteiger partial charge on any atom is -0.389 e. The predicted octanol–water partition coefficient (Wildman–Crippen LogP) is 3.04. The van der Waals surface area contributed by atoms with Crippen molar-refractivity contribution in [2.45, 2.75) is 18.8 Å². The summed E-state index contributed by atoms with van der Waals surface area (Å²) in [6, 6.07) is 5.16. The number of likely N-dealkylation sites (N-methyl/N-ethyl adjacent to an activating group) is 1. The zero-order valence-electron chi connectivity index (χ0n) is 13.2. The van der Waals surface area contributed by atoms with Crippen molar-refractivity contribution in [3.8, 4) is 0 Å². The molecular weight excluding hydrogens is 335 g/mol. The summed E-state index contributed by atoms with van der Waals surface area (Å²) in [4.78, 5) is 26.6. The van der Waals surface area contributed by atoms with Gasteiger partial charge in [-0.15, -0.1) is 0 Å². The molecule has 0 saturated heterocycles. The SMILES string of the molecule is CN(C)CCNC=C1C(=O)CC(c2ccc(Cl)cc2Cl)CC1=O. The molecule has 1 aromatic rings. The zero-order chi connectivity index (χ0) is 17.0. The second-order valence-electron chi connectivity index (χ2n) is 5.93. The number of rotatable bonds is 5. The topological polar surface area (TPSA) is 49.4 Å². The van der Waals surface area contributed by atoms with Crippen molar-refractivity contribution in [2.75, 3.05) is 27.2 Å². The predicted molar refractivity (Wildman–Crippen MR) is 93.1 cm³/mol. The van der Waals surface area contributed by atoms with E-state index in [0.29, 0.717) is 16.6 Å². The number of carbonyl (C=O) groups is 2. The van der Waals surface area contributed by atoms with E-state index in [-0.39, 0.29) is 35.9 Å². The first-order valence-electron chi connectivity index (χ1n) is 7.48. The molecule has 1 aromatic carbocycles. The molecule has 0 aromatic heterocycles. The third-order valence-electron chi connectivity index (χ3n) is 3.82. The minimum atomic E-state index is -0.182. The maximum atomic E-state index is 12.3. The van der Waals surface area contributed by atoms with Gasteiger partial charge in [0.1, 0.15) is 0 Å². The summed E-state index contributed by atoms with van der Waals surface area (Å²) in [5.74, 6) is -0.470. The van der Waals surface area contributed by atoms with E-state index >= 15 is 0 Å². The molecule has 124 valence electrons. The number of hydrogen-bond acceptors (Lipinski definition) is 4. The Morgan fingerprint density at radius 2 is 1.87 bits per heavy atom. The number of benzene rings is 1. The second-order valence-corrected chi connectivity index (χ2v) is 6.78. The molecule has 0 spiro atoms. The van der Waals surface area contributed by atoms with Crippen molar-refractivity contribution >= 4 is 34.8 Å². The van der Waals surface area contributed by atoms with Crippen molar-refractivity contribution in [2.24, 2.45) is 0 Å². The second kappa shape index (κ2) is 7.95. The van der Waals surface area contributed by atoms with Crippen LogP contribution in [-0.4, -0.2) is 43.7 Å². The number of allylic oxidation sites excluding steroid dienone is 1. The lowest BCUT2D eigenvalue weighted by atomic mass is 9.80. The van der Waals surface area contributed by atoms with E-state index in [4.69, 9.17) is 23.2 Å². The molecule has 1 aliphatic rings. The van der Waals surface area contributed by atoms with E-state index in [1.807, 2.05) is 19.0 Å². The third kappa shape index (κ3) is 4.80. The van der Waals surface area contributed by atoms with Crippen LogP contribution in [-0.2, 0) is 9.59 Å². The molecule has 0 atom stereocenters. The van der Waals surface area contributed by atoms with Gasteiger partial charge in [0.05, 0.1) is 5.57 Å². The average Bonchev–Trinajstić information content (AvgIpc) is 2.45. The first-order chi connectivity index (χ1) is 10.9. The lowest BCUT2D eigenvalue weighted by Crippen LogP contribution is -2.28. The average molecular weight is 355 g/mol. The monoisotopic (exact) mass is 354 g/mol. The highest BCUT2D eigenvalue weighted by molar-refractivity contribution is 6.35. The van der Waals surface area contributed by atoms with Crippen molar-refractivity contribution < 1.29 is 9.59 Å². The molecule has 0 unspecified atom stereocenters. The van der Waals surface area contributed by atoms with Crippen LogP contribution in [0.4, 0.5) is 0 Å². The van der Waals surface area contributed by atoms with Gasteiger partial charge < -0.3 is 10.2 Å². The van der Waals surface area contributed by atoms with Crippen LogP contribution in [0.2, 0.25) is 10.0 Å². The van der Waals surface area contributed by atoms with Crippen LogP contribution < -0.4 is 5.32 Å². The molecule has 23 heavy (non-hydrogen) atoms. The molecule has 0 radical (unpaired) electrons. The Balaban J connectivity index is 2.06. The molecule has 2 rings (SSSR count). The quantitative estimate of drug-likeness (QED) is 0.501. The molecule has 6 heteroatoms. The summed E-state index contributed by atoms with van der Waals surface area (Å²) < 4.78 is 0. The van der Waals surface area contributed by atoms with Crippen LogP contribution in [0.25, 0.3) is 0 Å². The van der Waals surface area contributed by atoms with Gasteiger partial charge in [0, 0.05) is 42.2 Å². The minimum absolute atomic E-state index is 0.144. The van der Waals surface area contributed by atoms with Crippen LogP contribution in [0, 0.1) is 0 Å². The number of nitrogens with zero attached hydrogens (tertiary/aromatic N) is 1. The van der Waals surface area contributed by atoms with Gasteiger partial charge in [0.2, 0.25) is 0 Å². The summed E-state index contributed by atoms with van der Waals surface area (Å²) in [6.07, 6.45) is 2.12. The Labute approximate surface area is 146 Å². The molecule has 4 nitrogen and oxygen atoms in total. The number of carbonyl (C=O) groups excluding carboxylic acids is 2. The molecule has 0 bridgehead atoms. The lowest BCUT2D eigenvalue weighted by Gasteiger charge is -2.23. The molecule has 1 fully saturated rings. The van der Waals surface area contributed by atoms with E-state index in [9.17, 15) is 9.59 Å². The largest absolute Gasteiger partial charge is 0.389 e. The zero-order valence-corrected chi connectivity index (χ0v) is 14.7. The maximum Gasteiger partial charge on any atom is 0.168 e. The van der Waals surface area contributed by atoms with Crippen LogP contribution in [0.3, 0.4) is 0 Å². The molecule has 0 heterocycles. The number of ketones is 2. The van der Waals surface area contributed by atoms with Crippen molar-refractivity contribution in [1.82, 2.24) is 10.2 Å². The fourth-order valence-electron chi connectivity index (χ4n) is 2.57. The highest BCUT2D eigenvalue weighted by Crippen LogP contribution is 2.36. The lowest BCUT2D eigenvalue weighted by molar-refractivity contribution is -0.124. The Bertz CT molecular complexity index is 621. The fraction of sp³-hybridized carbons (Fsp3) is 0.412. The van der Waals surface area contributed by atoms with Crippen LogP contribution in [0.5, 0.6) is 0 Å². The third-order valence-corrected chi connectivity index (χ3v) is 4.38. The fourth-order valence-corrected chi connectivity index (χ4v) is 3.13. The van der Waals surface area contributed by atoms with Gasteiger partial charge in [-0.05, 0) is 37.7 Å². The summed E-state index contributed by atoms with van der Waals surface area (Å²) >= 11 is 12.1. The standard InChI is InChI=1S/C17H20Cl2N2O2/c1-21(2)6-5-20-10-14-16(22)7-11(8-17(14)23)13-4-3-12(18)9-15(13)19/h3-4,9-11,20H,5-8H2,1-2H3. The Kier molecular flexibility index (Phi) is 6.22. The van der Waals surface area contributed by atoms with Crippen LogP contribution >= 0.6 is 23.2 Å². The van der Waals surface area contributed by atoms with Gasteiger partial charge in [0.15, 0.2) is 11.6 Å². The van der Waals surface area contributed by atoms with Gasteiger partial charge in [-0.1, -0.05) is 29.3 Å². The molecule has 1 N–H and O–H groups in total. The molecular formula is C17H20Cl2N2O2.